The monoisotopic (exact) mass is 654 g/mol. The summed E-state index contributed by atoms with van der Waals surface area (Å²) in [5, 5.41) is 9.68. The van der Waals surface area contributed by atoms with Gasteiger partial charge in [0.25, 0.3) is 11.8 Å². The average molecular weight is 655 g/mol. The Morgan fingerprint density at radius 2 is 1.78 bits per heavy atom. The second-order valence-corrected chi connectivity index (χ2v) is 12.4. The molecule has 14 heteroatoms. The molecule has 1 unspecified atom stereocenters. The number of rotatable bonds is 5. The summed E-state index contributed by atoms with van der Waals surface area (Å²) in [6, 6.07) is 12.6. The van der Waals surface area contributed by atoms with Gasteiger partial charge in [0.1, 0.15) is 17.6 Å². The summed E-state index contributed by atoms with van der Waals surface area (Å²) in [7, 11) is 3.63. The predicted octanol–water partition coefficient (Wildman–Crippen LogP) is 4.03. The predicted molar refractivity (Wildman–Crippen MR) is 173 cm³/mol. The Morgan fingerprint density at radius 1 is 1.09 bits per heavy atom. The van der Waals surface area contributed by atoms with Crippen LogP contribution in [0.2, 0.25) is 5.02 Å². The first-order chi connectivity index (χ1) is 21.7. The zero-order valence-corrected chi connectivity index (χ0v) is 27.1. The van der Waals surface area contributed by atoms with Gasteiger partial charge in [0.05, 0.1) is 16.9 Å². The van der Waals surface area contributed by atoms with Crippen LogP contribution in [0.1, 0.15) is 46.7 Å². The Kier molecular flexibility index (Phi) is 9.82. The molecule has 1 atom stereocenters. The average Bonchev–Trinajstić information content (AvgIpc) is 3.61. The lowest BCUT2D eigenvalue weighted by molar-refractivity contribution is -0.132. The molecule has 3 aliphatic heterocycles. The third kappa shape index (κ3) is 6.71. The number of anilines is 1. The van der Waals surface area contributed by atoms with Crippen molar-refractivity contribution in [3.8, 4) is 0 Å². The minimum atomic E-state index is -0.612. The molecule has 2 aromatic carbocycles. The fourth-order valence-corrected chi connectivity index (χ4v) is 7.03. The zero-order valence-electron chi connectivity index (χ0n) is 25.6. The van der Waals surface area contributed by atoms with Crippen molar-refractivity contribution in [2.45, 2.75) is 26.4 Å². The number of hydrogen-bond donors (Lipinski definition) is 3. The SMILES string of the molecule is CC.CNC(=O)c1nc(NC(=O)c2nsc3ccccc23)c2n1C(CN1CC3(CN(C)C3)C1)C(=O)NC2.Fc1ccc(Cl)cc1. The van der Waals surface area contributed by atoms with Crippen molar-refractivity contribution in [2.24, 2.45) is 5.41 Å². The van der Waals surface area contributed by atoms with Gasteiger partial charge in [0.15, 0.2) is 5.82 Å². The molecule has 3 amide bonds. The van der Waals surface area contributed by atoms with Gasteiger partial charge in [-0.25, -0.2) is 9.37 Å². The van der Waals surface area contributed by atoms with E-state index in [2.05, 4.69) is 42.2 Å². The smallest absolute Gasteiger partial charge is 0.287 e. The molecule has 2 aromatic heterocycles. The number of carbonyl (C=O) groups excluding carboxylic acids is 3. The van der Waals surface area contributed by atoms with Crippen molar-refractivity contribution in [3.05, 3.63) is 76.6 Å². The van der Waals surface area contributed by atoms with Gasteiger partial charge in [-0.2, -0.15) is 4.37 Å². The molecule has 3 N–H and O–H groups in total. The third-order valence-corrected chi connectivity index (χ3v) is 8.95. The number of carbonyl (C=O) groups is 3. The van der Waals surface area contributed by atoms with E-state index >= 15 is 0 Å². The molecule has 0 bridgehead atoms. The van der Waals surface area contributed by atoms with Crippen molar-refractivity contribution in [2.75, 3.05) is 52.1 Å². The van der Waals surface area contributed by atoms with Gasteiger partial charge in [-0.15, -0.1) is 0 Å². The summed E-state index contributed by atoms with van der Waals surface area (Å²) in [5.41, 5.74) is 1.23. The standard InChI is InChI=1S/C23H26N8O3S.C6H4ClF.C2H6/c1-24-22(34)19-26-18(27-21(33)17-13-5-3-4-6-16(13)35-28-17)14-7-25-20(32)15(31(14)19)8-30-11-23(12-30)9-29(2)10-23;7-5-1-3-6(8)4-2-5;1-2/h3-6,15H,7-12H2,1-2H3,(H,24,34)(H,25,32)(H,27,33);1-4H;1-2H3. The van der Waals surface area contributed by atoms with Crippen LogP contribution < -0.4 is 16.0 Å². The van der Waals surface area contributed by atoms with E-state index in [4.69, 9.17) is 11.6 Å². The van der Waals surface area contributed by atoms with Gasteiger partial charge < -0.3 is 25.4 Å². The summed E-state index contributed by atoms with van der Waals surface area (Å²) in [4.78, 5) is 47.8. The van der Waals surface area contributed by atoms with Crippen LogP contribution in [0.15, 0.2) is 48.5 Å². The Hall–Kier alpha value is -3.91. The molecule has 11 nitrogen and oxygen atoms in total. The second kappa shape index (κ2) is 13.6. The maximum absolute atomic E-state index is 13.1. The molecule has 45 heavy (non-hydrogen) atoms. The molecule has 0 radical (unpaired) electrons. The highest BCUT2D eigenvalue weighted by atomic mass is 35.5. The van der Waals surface area contributed by atoms with Gasteiger partial charge >= 0.3 is 0 Å². The molecule has 2 fully saturated rings. The number of imidazole rings is 1. The molecule has 1 spiro atoms. The van der Waals surface area contributed by atoms with E-state index in [1.807, 2.05) is 38.1 Å². The highest BCUT2D eigenvalue weighted by Crippen LogP contribution is 2.40. The fraction of sp³-hybridized carbons (Fsp3) is 0.387. The number of amides is 3. The molecule has 2 saturated heterocycles. The van der Waals surface area contributed by atoms with Crippen LogP contribution >= 0.6 is 23.1 Å². The maximum atomic E-state index is 13.1. The lowest BCUT2D eigenvalue weighted by Gasteiger charge is -2.60. The summed E-state index contributed by atoms with van der Waals surface area (Å²) in [6.07, 6.45) is 0. The fourth-order valence-electron chi connectivity index (χ4n) is 6.13. The van der Waals surface area contributed by atoms with E-state index in [-0.39, 0.29) is 29.9 Å². The Morgan fingerprint density at radius 3 is 2.42 bits per heavy atom. The van der Waals surface area contributed by atoms with Crippen LogP contribution in [0.25, 0.3) is 10.1 Å². The van der Waals surface area contributed by atoms with E-state index in [0.29, 0.717) is 28.4 Å². The summed E-state index contributed by atoms with van der Waals surface area (Å²) in [5.74, 6) is -0.856. The van der Waals surface area contributed by atoms with Crippen molar-refractivity contribution in [3.63, 3.8) is 0 Å². The molecule has 0 aliphatic carbocycles. The number of aromatic nitrogens is 3. The second-order valence-electron chi connectivity index (χ2n) is 11.2. The lowest BCUT2D eigenvalue weighted by Crippen LogP contribution is -2.71. The first-order valence-corrected chi connectivity index (χ1v) is 15.9. The third-order valence-electron chi connectivity index (χ3n) is 7.87. The number of likely N-dealkylation sites (tertiary alicyclic amines) is 2. The summed E-state index contributed by atoms with van der Waals surface area (Å²) >= 11 is 6.70. The first kappa shape index (κ1) is 32.5. The number of halogens is 2. The van der Waals surface area contributed by atoms with Crippen molar-refractivity contribution < 1.29 is 18.8 Å². The normalized spacial score (nSPS) is 18.3. The van der Waals surface area contributed by atoms with Gasteiger partial charge in [-0.05, 0) is 48.9 Å². The van der Waals surface area contributed by atoms with Crippen molar-refractivity contribution in [1.29, 1.82) is 0 Å². The minimum Gasteiger partial charge on any atom is -0.352 e. The highest BCUT2D eigenvalue weighted by Gasteiger charge is 2.51. The molecular formula is C31H36ClFN8O3S. The van der Waals surface area contributed by atoms with Crippen LogP contribution in [-0.2, 0) is 11.3 Å². The van der Waals surface area contributed by atoms with E-state index in [0.717, 1.165) is 36.3 Å². The van der Waals surface area contributed by atoms with Crippen LogP contribution in [-0.4, -0.2) is 88.3 Å². The Labute approximate surface area is 269 Å². The molecule has 4 aromatic rings. The number of nitrogens with one attached hydrogen (secondary N) is 3. The molecule has 5 heterocycles. The molecule has 3 aliphatic rings. The van der Waals surface area contributed by atoms with Gasteiger partial charge in [0.2, 0.25) is 11.7 Å². The van der Waals surface area contributed by atoms with Crippen LogP contribution in [0.5, 0.6) is 0 Å². The number of nitrogens with zero attached hydrogens (tertiary/aromatic N) is 5. The van der Waals surface area contributed by atoms with E-state index in [1.165, 1.54) is 42.8 Å². The van der Waals surface area contributed by atoms with Gasteiger partial charge in [-0.3, -0.25) is 19.3 Å². The molecular weight excluding hydrogens is 619 g/mol. The maximum Gasteiger partial charge on any atom is 0.287 e. The minimum absolute atomic E-state index is 0.111. The largest absolute Gasteiger partial charge is 0.352 e. The molecule has 238 valence electrons. The highest BCUT2D eigenvalue weighted by molar-refractivity contribution is 7.13. The lowest BCUT2D eigenvalue weighted by atomic mass is 9.73. The van der Waals surface area contributed by atoms with Crippen LogP contribution in [0.3, 0.4) is 0 Å². The van der Waals surface area contributed by atoms with Gasteiger partial charge in [-0.1, -0.05) is 43.6 Å². The first-order valence-electron chi connectivity index (χ1n) is 14.7. The summed E-state index contributed by atoms with van der Waals surface area (Å²) in [6.45, 7) is 8.65. The van der Waals surface area contributed by atoms with Gasteiger partial charge in [0, 0.05) is 55.6 Å². The van der Waals surface area contributed by atoms with Crippen molar-refractivity contribution in [1.82, 2.24) is 34.4 Å². The number of hydrogen-bond acceptors (Lipinski definition) is 8. The Balaban J connectivity index is 0.000000346. The summed E-state index contributed by atoms with van der Waals surface area (Å²) < 4.78 is 18.9. The number of benzene rings is 2. The molecule has 0 saturated carbocycles. The zero-order chi connectivity index (χ0) is 32.3. The number of fused-ring (bicyclic) bond motifs is 2. The van der Waals surface area contributed by atoms with E-state index in [9.17, 15) is 18.8 Å². The van der Waals surface area contributed by atoms with Crippen LogP contribution in [0.4, 0.5) is 10.2 Å². The van der Waals surface area contributed by atoms with Crippen molar-refractivity contribution >= 4 is 56.8 Å². The van der Waals surface area contributed by atoms with E-state index in [1.54, 1.807) is 4.57 Å². The van der Waals surface area contributed by atoms with E-state index < -0.39 is 17.9 Å². The Bertz CT molecular complexity index is 1670. The topological polar surface area (TPSA) is 124 Å². The quantitative estimate of drug-likeness (QED) is 0.297. The molecule has 7 rings (SSSR count). The van der Waals surface area contributed by atoms with Crippen LogP contribution in [0, 0.1) is 11.2 Å².